The normalized spacial score (nSPS) is 14.8. The predicted molar refractivity (Wildman–Crippen MR) is 46.2 cm³/mol. The number of carbonyl (C=O) groups is 2. The van der Waals surface area contributed by atoms with Gasteiger partial charge in [-0.15, -0.1) is 0 Å². The minimum absolute atomic E-state index is 0.225. The maximum Gasteiger partial charge on any atom is 0.335 e. The van der Waals surface area contributed by atoms with Crippen LogP contribution < -0.4 is 5.32 Å². The largest absolute Gasteiger partial charge is 0.456 e. The Morgan fingerprint density at radius 2 is 2.00 bits per heavy atom. The van der Waals surface area contributed by atoms with Gasteiger partial charge in [0.1, 0.15) is 6.10 Å². The van der Waals surface area contributed by atoms with E-state index in [0.717, 1.165) is 0 Å². The topological polar surface area (TPSA) is 75.6 Å². The number of ketones is 1. The zero-order chi connectivity index (χ0) is 10.4. The lowest BCUT2D eigenvalue weighted by Gasteiger charge is -2.09. The number of aliphatic hydroxyl groups is 1. The highest BCUT2D eigenvalue weighted by Crippen LogP contribution is 1.90. The van der Waals surface area contributed by atoms with Crippen molar-refractivity contribution in [3.05, 3.63) is 0 Å². The van der Waals surface area contributed by atoms with E-state index >= 15 is 0 Å². The first kappa shape index (κ1) is 12.1. The lowest BCUT2D eigenvalue weighted by molar-refractivity contribution is -0.155. The molecular weight excluding hydrogens is 174 g/mol. The van der Waals surface area contributed by atoms with Crippen LogP contribution in [0.4, 0.5) is 0 Å². The quantitative estimate of drug-likeness (QED) is 0.547. The van der Waals surface area contributed by atoms with E-state index in [-0.39, 0.29) is 18.4 Å². The van der Waals surface area contributed by atoms with Crippen molar-refractivity contribution in [2.24, 2.45) is 0 Å². The minimum atomic E-state index is -1.18. The number of rotatable bonds is 5. The van der Waals surface area contributed by atoms with E-state index in [9.17, 15) is 9.59 Å². The van der Waals surface area contributed by atoms with E-state index < -0.39 is 12.1 Å². The van der Waals surface area contributed by atoms with Crippen molar-refractivity contribution in [1.29, 1.82) is 0 Å². The van der Waals surface area contributed by atoms with E-state index in [4.69, 9.17) is 5.11 Å². The second-order valence-corrected chi connectivity index (χ2v) is 2.76. The molecule has 5 heteroatoms. The Balaban J connectivity index is 3.77. The van der Waals surface area contributed by atoms with E-state index in [1.165, 1.54) is 6.92 Å². The fraction of sp³-hybridized carbons (Fsp3) is 0.750. The number of esters is 1. The van der Waals surface area contributed by atoms with Crippen LogP contribution in [-0.4, -0.2) is 42.7 Å². The van der Waals surface area contributed by atoms with Gasteiger partial charge in [0.05, 0.1) is 6.04 Å². The molecule has 2 N–H and O–H groups in total. The SMILES string of the molecule is CN[C@H](C)C(=O)COC(=O)C(C)O. The van der Waals surface area contributed by atoms with Crippen molar-refractivity contribution in [3.63, 3.8) is 0 Å². The summed E-state index contributed by atoms with van der Waals surface area (Å²) in [7, 11) is 1.64. The van der Waals surface area contributed by atoms with Crippen molar-refractivity contribution in [2.45, 2.75) is 26.0 Å². The second-order valence-electron chi connectivity index (χ2n) is 2.76. The summed E-state index contributed by atoms with van der Waals surface area (Å²) in [5.41, 5.74) is 0. The smallest absolute Gasteiger partial charge is 0.335 e. The highest BCUT2D eigenvalue weighted by Gasteiger charge is 2.15. The minimum Gasteiger partial charge on any atom is -0.456 e. The van der Waals surface area contributed by atoms with Gasteiger partial charge in [0.2, 0.25) is 0 Å². The number of aliphatic hydroxyl groups excluding tert-OH is 1. The van der Waals surface area contributed by atoms with Crippen molar-refractivity contribution < 1.29 is 19.4 Å². The predicted octanol–water partition coefficient (Wildman–Crippen LogP) is -0.913. The molecule has 0 radical (unpaired) electrons. The molecule has 0 saturated heterocycles. The zero-order valence-corrected chi connectivity index (χ0v) is 8.03. The summed E-state index contributed by atoms with van der Waals surface area (Å²) < 4.78 is 4.51. The van der Waals surface area contributed by atoms with Crippen LogP contribution in [-0.2, 0) is 14.3 Å². The van der Waals surface area contributed by atoms with Crippen LogP contribution in [0.1, 0.15) is 13.8 Å². The van der Waals surface area contributed by atoms with Gasteiger partial charge in [0, 0.05) is 0 Å². The Morgan fingerprint density at radius 1 is 1.46 bits per heavy atom. The van der Waals surface area contributed by atoms with Crippen molar-refractivity contribution in [3.8, 4) is 0 Å². The van der Waals surface area contributed by atoms with Gasteiger partial charge >= 0.3 is 5.97 Å². The van der Waals surface area contributed by atoms with Crippen LogP contribution in [0.15, 0.2) is 0 Å². The fourth-order valence-corrected chi connectivity index (χ4v) is 0.549. The second kappa shape index (κ2) is 5.66. The fourth-order valence-electron chi connectivity index (χ4n) is 0.549. The van der Waals surface area contributed by atoms with Crippen molar-refractivity contribution in [2.75, 3.05) is 13.7 Å². The summed E-state index contributed by atoms with van der Waals surface area (Å²) >= 11 is 0. The molecule has 0 rings (SSSR count). The number of carbonyl (C=O) groups excluding carboxylic acids is 2. The summed E-state index contributed by atoms with van der Waals surface area (Å²) in [6, 6.07) is -0.346. The van der Waals surface area contributed by atoms with E-state index in [0.29, 0.717) is 0 Å². The molecule has 0 aliphatic carbocycles. The van der Waals surface area contributed by atoms with Crippen LogP contribution in [0.3, 0.4) is 0 Å². The molecule has 13 heavy (non-hydrogen) atoms. The highest BCUT2D eigenvalue weighted by atomic mass is 16.5. The van der Waals surface area contributed by atoms with E-state index in [1.807, 2.05) is 0 Å². The summed E-state index contributed by atoms with van der Waals surface area (Å²) in [4.78, 5) is 21.8. The van der Waals surface area contributed by atoms with Gasteiger partial charge in [0.25, 0.3) is 0 Å². The van der Waals surface area contributed by atoms with Gasteiger partial charge in [-0.2, -0.15) is 0 Å². The molecule has 2 atom stereocenters. The van der Waals surface area contributed by atoms with Crippen LogP contribution in [0, 0.1) is 0 Å². The molecule has 0 aromatic rings. The first-order valence-electron chi connectivity index (χ1n) is 4.03. The molecule has 0 bridgehead atoms. The molecule has 0 fully saturated rings. The Labute approximate surface area is 77.1 Å². The molecule has 0 aliphatic heterocycles. The van der Waals surface area contributed by atoms with Gasteiger partial charge in [-0.25, -0.2) is 4.79 Å². The Hall–Kier alpha value is -0.940. The first-order chi connectivity index (χ1) is 5.99. The van der Waals surface area contributed by atoms with Gasteiger partial charge < -0.3 is 15.2 Å². The molecule has 0 spiro atoms. The van der Waals surface area contributed by atoms with Gasteiger partial charge in [-0.3, -0.25) is 4.79 Å². The summed E-state index contributed by atoms with van der Waals surface area (Å²) in [5.74, 6) is -1.01. The Bertz CT molecular complexity index is 191. The van der Waals surface area contributed by atoms with Gasteiger partial charge in [-0.05, 0) is 20.9 Å². The lowest BCUT2D eigenvalue weighted by atomic mass is 10.2. The average Bonchev–Trinajstić information content (AvgIpc) is 2.11. The number of hydrogen-bond acceptors (Lipinski definition) is 5. The molecule has 76 valence electrons. The molecule has 0 aliphatic rings. The van der Waals surface area contributed by atoms with E-state index in [1.54, 1.807) is 14.0 Å². The number of nitrogens with one attached hydrogen (secondary N) is 1. The number of ether oxygens (including phenoxy) is 1. The van der Waals surface area contributed by atoms with Crippen molar-refractivity contribution >= 4 is 11.8 Å². The van der Waals surface area contributed by atoms with Crippen LogP contribution in [0.2, 0.25) is 0 Å². The first-order valence-corrected chi connectivity index (χ1v) is 4.03. The average molecular weight is 189 g/mol. The van der Waals surface area contributed by atoms with Crippen LogP contribution in [0.25, 0.3) is 0 Å². The lowest BCUT2D eigenvalue weighted by Crippen LogP contribution is -2.35. The maximum absolute atomic E-state index is 11.1. The number of likely N-dealkylation sites (N-methyl/N-ethyl adjacent to an activating group) is 1. The van der Waals surface area contributed by atoms with Gasteiger partial charge in [-0.1, -0.05) is 0 Å². The Kier molecular flexibility index (Phi) is 5.25. The molecule has 0 aromatic carbocycles. The molecular formula is C8H15NO4. The third kappa shape index (κ3) is 4.59. The monoisotopic (exact) mass is 189 g/mol. The van der Waals surface area contributed by atoms with E-state index in [2.05, 4.69) is 10.1 Å². The molecule has 0 amide bonds. The third-order valence-electron chi connectivity index (χ3n) is 1.61. The van der Waals surface area contributed by atoms with Crippen LogP contribution >= 0.6 is 0 Å². The number of Topliss-reactive ketones (excluding diaryl/α,β-unsaturated/α-hetero) is 1. The molecule has 1 unspecified atom stereocenters. The standard InChI is InChI=1S/C8H15NO4/c1-5(9-3)7(11)4-13-8(12)6(2)10/h5-6,9-10H,4H2,1-3H3/t5-,6?/m1/s1. The summed E-state index contributed by atoms with van der Waals surface area (Å²) in [5, 5.41) is 11.4. The third-order valence-corrected chi connectivity index (χ3v) is 1.61. The summed E-state index contributed by atoms with van der Waals surface area (Å²) in [6.45, 7) is 2.65. The molecule has 0 saturated carbocycles. The summed E-state index contributed by atoms with van der Waals surface area (Å²) in [6.07, 6.45) is -1.18. The molecule has 0 aromatic heterocycles. The Morgan fingerprint density at radius 3 is 2.38 bits per heavy atom. The highest BCUT2D eigenvalue weighted by molar-refractivity contribution is 5.87. The molecule has 0 heterocycles. The zero-order valence-electron chi connectivity index (χ0n) is 8.03. The molecule has 5 nitrogen and oxygen atoms in total. The number of hydrogen-bond donors (Lipinski definition) is 2. The van der Waals surface area contributed by atoms with Crippen LogP contribution in [0.5, 0.6) is 0 Å². The van der Waals surface area contributed by atoms with Crippen molar-refractivity contribution in [1.82, 2.24) is 5.32 Å². The maximum atomic E-state index is 11.1. The van der Waals surface area contributed by atoms with Gasteiger partial charge in [0.15, 0.2) is 12.4 Å².